The van der Waals surface area contributed by atoms with Gasteiger partial charge in [0.1, 0.15) is 11.9 Å². The number of hydrogen-bond donors (Lipinski definition) is 2. The Hall–Kier alpha value is -2.20. The lowest BCUT2D eigenvalue weighted by Crippen LogP contribution is -2.47. The van der Waals surface area contributed by atoms with Gasteiger partial charge in [0, 0.05) is 62.9 Å². The zero-order valence-electron chi connectivity index (χ0n) is 22.7. The van der Waals surface area contributed by atoms with Gasteiger partial charge >= 0.3 is 0 Å². The first-order valence-electron chi connectivity index (χ1n) is 13.8. The number of morpholine rings is 1. The molecule has 1 aromatic rings. The Labute approximate surface area is 221 Å². The number of amides is 2. The highest BCUT2D eigenvalue weighted by Crippen LogP contribution is 2.31. The van der Waals surface area contributed by atoms with Crippen LogP contribution in [0.25, 0.3) is 0 Å². The number of fused-ring (bicyclic) bond motifs is 1. The minimum Gasteiger partial charge on any atom is -0.488 e. The van der Waals surface area contributed by atoms with E-state index in [2.05, 4.69) is 29.1 Å². The van der Waals surface area contributed by atoms with Crippen molar-refractivity contribution in [3.8, 4) is 5.75 Å². The van der Waals surface area contributed by atoms with Crippen molar-refractivity contribution in [1.29, 1.82) is 0 Å². The highest BCUT2D eigenvalue weighted by Gasteiger charge is 2.32. The van der Waals surface area contributed by atoms with Gasteiger partial charge in [-0.25, -0.2) is 0 Å². The summed E-state index contributed by atoms with van der Waals surface area (Å²) in [5.41, 5.74) is 1.42. The van der Waals surface area contributed by atoms with Crippen LogP contribution in [0.4, 0.5) is 5.69 Å². The predicted octanol–water partition coefficient (Wildman–Crippen LogP) is 1.84. The molecule has 9 nitrogen and oxygen atoms in total. The van der Waals surface area contributed by atoms with Gasteiger partial charge in [0.15, 0.2) is 0 Å². The molecule has 3 aliphatic rings. The van der Waals surface area contributed by atoms with Crippen molar-refractivity contribution in [3.05, 3.63) is 23.8 Å². The average molecular weight is 517 g/mol. The number of hydrogen-bond acceptors (Lipinski definition) is 7. The van der Waals surface area contributed by atoms with Gasteiger partial charge in [-0.15, -0.1) is 0 Å². The van der Waals surface area contributed by atoms with Gasteiger partial charge in [0.25, 0.3) is 0 Å². The van der Waals surface area contributed by atoms with Gasteiger partial charge < -0.3 is 29.7 Å². The number of rotatable bonds is 10. The van der Waals surface area contributed by atoms with Crippen LogP contribution in [-0.2, 0) is 20.7 Å². The van der Waals surface area contributed by atoms with Gasteiger partial charge in [-0.05, 0) is 50.9 Å². The Kier molecular flexibility index (Phi) is 9.81. The lowest BCUT2D eigenvalue weighted by Gasteiger charge is -2.34. The summed E-state index contributed by atoms with van der Waals surface area (Å²) >= 11 is 0. The molecule has 4 rings (SSSR count). The van der Waals surface area contributed by atoms with E-state index in [4.69, 9.17) is 9.47 Å². The van der Waals surface area contributed by atoms with E-state index in [1.807, 2.05) is 25.1 Å². The third kappa shape index (κ3) is 8.14. The third-order valence-electron chi connectivity index (χ3n) is 7.72. The van der Waals surface area contributed by atoms with E-state index in [1.165, 1.54) is 12.8 Å². The molecule has 1 saturated carbocycles. The van der Waals surface area contributed by atoms with E-state index >= 15 is 0 Å². The molecule has 37 heavy (non-hydrogen) atoms. The fourth-order valence-corrected chi connectivity index (χ4v) is 5.16. The van der Waals surface area contributed by atoms with Crippen LogP contribution in [-0.4, -0.2) is 110 Å². The van der Waals surface area contributed by atoms with E-state index in [-0.39, 0.29) is 42.9 Å². The first kappa shape index (κ1) is 27.8. The summed E-state index contributed by atoms with van der Waals surface area (Å²) < 4.78 is 12.0. The van der Waals surface area contributed by atoms with Crippen molar-refractivity contribution in [2.45, 2.75) is 51.7 Å². The van der Waals surface area contributed by atoms with Gasteiger partial charge in [-0.1, -0.05) is 6.92 Å². The molecular formula is C28H44N4O5. The van der Waals surface area contributed by atoms with E-state index in [9.17, 15) is 14.7 Å². The number of carbonyl (C=O) groups excluding carboxylic acids is 2. The molecule has 2 heterocycles. The number of likely N-dealkylation sites (N-methyl/N-ethyl adjacent to an activating group) is 1. The molecule has 2 amide bonds. The van der Waals surface area contributed by atoms with Crippen LogP contribution in [0.3, 0.4) is 0 Å². The summed E-state index contributed by atoms with van der Waals surface area (Å²) in [6, 6.07) is 5.33. The molecular weight excluding hydrogens is 472 g/mol. The van der Waals surface area contributed by atoms with Crippen LogP contribution in [0.5, 0.6) is 5.75 Å². The van der Waals surface area contributed by atoms with Crippen LogP contribution in [0.1, 0.15) is 38.7 Å². The van der Waals surface area contributed by atoms with Crippen molar-refractivity contribution < 1.29 is 24.2 Å². The number of ether oxygens (including phenoxy) is 2. The summed E-state index contributed by atoms with van der Waals surface area (Å²) in [6.45, 7) is 10.1. The zero-order valence-corrected chi connectivity index (χ0v) is 22.7. The SMILES string of the molecule is C[C@H]1CN([C@@H](C)CO)C(=O)Cc2cc(NC(=O)CCN3CCOCC3)ccc2O[C@H]1CN(C)CC1CC1. The Balaban J connectivity index is 1.48. The van der Waals surface area contributed by atoms with E-state index in [0.29, 0.717) is 44.2 Å². The van der Waals surface area contributed by atoms with Crippen LogP contribution < -0.4 is 10.1 Å². The number of carbonyl (C=O) groups is 2. The van der Waals surface area contributed by atoms with E-state index < -0.39 is 0 Å². The monoisotopic (exact) mass is 516 g/mol. The number of benzene rings is 1. The Morgan fingerprint density at radius 2 is 2.00 bits per heavy atom. The molecule has 0 bridgehead atoms. The minimum atomic E-state index is -0.274. The largest absolute Gasteiger partial charge is 0.488 e. The smallest absolute Gasteiger partial charge is 0.227 e. The average Bonchev–Trinajstić information content (AvgIpc) is 3.70. The molecule has 3 atom stereocenters. The van der Waals surface area contributed by atoms with Crippen molar-refractivity contribution in [3.63, 3.8) is 0 Å². The van der Waals surface area contributed by atoms with Gasteiger partial charge in [0.2, 0.25) is 11.8 Å². The molecule has 2 N–H and O–H groups in total. The van der Waals surface area contributed by atoms with Crippen molar-refractivity contribution >= 4 is 17.5 Å². The molecule has 1 saturated heterocycles. The molecule has 0 radical (unpaired) electrons. The first-order chi connectivity index (χ1) is 17.8. The number of aliphatic hydroxyl groups excluding tert-OH is 1. The summed E-state index contributed by atoms with van der Waals surface area (Å²) in [5.74, 6) is 1.47. The fraction of sp³-hybridized carbons (Fsp3) is 0.714. The summed E-state index contributed by atoms with van der Waals surface area (Å²) in [5, 5.41) is 12.8. The van der Waals surface area contributed by atoms with Crippen LogP contribution in [0.2, 0.25) is 0 Å². The molecule has 0 spiro atoms. The topological polar surface area (TPSA) is 94.6 Å². The number of aliphatic hydroxyl groups is 1. The normalized spacial score (nSPS) is 24.0. The van der Waals surface area contributed by atoms with Gasteiger partial charge in [0.05, 0.1) is 32.3 Å². The zero-order chi connectivity index (χ0) is 26.4. The highest BCUT2D eigenvalue weighted by molar-refractivity contribution is 5.91. The quantitative estimate of drug-likeness (QED) is 0.490. The number of nitrogens with one attached hydrogen (secondary N) is 1. The standard InChI is InChI=1S/C28H44N4O5/c1-20-16-32(21(2)19-33)28(35)15-23-14-24(29-27(34)8-9-31-10-12-36-13-11-31)6-7-25(23)37-26(20)18-30(3)17-22-4-5-22/h6-7,14,20-22,26,33H,4-5,8-13,15-19H2,1-3H3,(H,29,34)/t20-,21-,26-/m0/s1. The second-order valence-corrected chi connectivity index (χ2v) is 11.1. The maximum Gasteiger partial charge on any atom is 0.227 e. The Morgan fingerprint density at radius 1 is 1.24 bits per heavy atom. The van der Waals surface area contributed by atoms with Crippen LogP contribution in [0, 0.1) is 11.8 Å². The Morgan fingerprint density at radius 3 is 2.70 bits per heavy atom. The van der Waals surface area contributed by atoms with Crippen molar-refractivity contribution in [2.75, 3.05) is 71.5 Å². The molecule has 0 unspecified atom stereocenters. The highest BCUT2D eigenvalue weighted by atomic mass is 16.5. The van der Waals surface area contributed by atoms with E-state index in [1.54, 1.807) is 4.90 Å². The second kappa shape index (κ2) is 13.0. The lowest BCUT2D eigenvalue weighted by atomic mass is 10.0. The van der Waals surface area contributed by atoms with E-state index in [0.717, 1.165) is 37.7 Å². The molecule has 0 aromatic heterocycles. The third-order valence-corrected chi connectivity index (χ3v) is 7.72. The molecule has 1 aliphatic carbocycles. The molecule has 1 aromatic carbocycles. The van der Waals surface area contributed by atoms with Gasteiger partial charge in [-0.2, -0.15) is 0 Å². The predicted molar refractivity (Wildman–Crippen MR) is 143 cm³/mol. The maximum absolute atomic E-state index is 13.4. The lowest BCUT2D eigenvalue weighted by molar-refractivity contribution is -0.134. The number of anilines is 1. The number of nitrogens with zero attached hydrogens (tertiary/aromatic N) is 3. The Bertz CT molecular complexity index is 918. The maximum atomic E-state index is 13.4. The molecule has 206 valence electrons. The minimum absolute atomic E-state index is 0.0407. The van der Waals surface area contributed by atoms with Gasteiger partial charge in [-0.3, -0.25) is 14.5 Å². The van der Waals surface area contributed by atoms with Crippen LogP contribution >= 0.6 is 0 Å². The molecule has 2 aliphatic heterocycles. The second-order valence-electron chi connectivity index (χ2n) is 11.1. The first-order valence-corrected chi connectivity index (χ1v) is 13.8. The van der Waals surface area contributed by atoms with Crippen LogP contribution in [0.15, 0.2) is 18.2 Å². The fourth-order valence-electron chi connectivity index (χ4n) is 5.16. The van der Waals surface area contributed by atoms with Crippen molar-refractivity contribution in [1.82, 2.24) is 14.7 Å². The molecule has 9 heteroatoms. The van der Waals surface area contributed by atoms with Crippen molar-refractivity contribution in [2.24, 2.45) is 11.8 Å². The summed E-state index contributed by atoms with van der Waals surface area (Å²) in [4.78, 5) is 32.4. The summed E-state index contributed by atoms with van der Waals surface area (Å²) in [6.07, 6.45) is 3.06. The molecule has 2 fully saturated rings. The summed E-state index contributed by atoms with van der Waals surface area (Å²) in [7, 11) is 2.14.